The molecule has 110 valence electrons. The molecule has 1 aliphatic rings. The van der Waals surface area contributed by atoms with E-state index in [2.05, 4.69) is 12.2 Å². The molecule has 1 amide bonds. The fraction of sp³-hybridized carbons (Fsp3) is 0.562. The first-order chi connectivity index (χ1) is 9.41. The molecule has 2 atom stereocenters. The second-order valence-corrected chi connectivity index (χ2v) is 7.68. The zero-order valence-electron chi connectivity index (χ0n) is 12.2. The van der Waals surface area contributed by atoms with Gasteiger partial charge in [-0.25, -0.2) is 0 Å². The summed E-state index contributed by atoms with van der Waals surface area (Å²) in [4.78, 5) is 12.1. The van der Waals surface area contributed by atoms with Crippen LogP contribution in [0.3, 0.4) is 0 Å². The van der Waals surface area contributed by atoms with Crippen molar-refractivity contribution >= 4 is 17.7 Å². The number of nitrogens with one attached hydrogen (secondary N) is 1. The first kappa shape index (κ1) is 15.4. The monoisotopic (exact) mass is 293 g/mol. The van der Waals surface area contributed by atoms with Crippen molar-refractivity contribution in [3.8, 4) is 0 Å². The molecule has 1 heterocycles. The molecule has 4 heteroatoms. The van der Waals surface area contributed by atoms with Gasteiger partial charge in [0, 0.05) is 11.3 Å². The van der Waals surface area contributed by atoms with E-state index in [1.807, 2.05) is 42.1 Å². The third kappa shape index (κ3) is 4.00. The lowest BCUT2D eigenvalue weighted by atomic mass is 9.92. The number of carbonyl (C=O) groups is 1. The van der Waals surface area contributed by atoms with Crippen molar-refractivity contribution in [2.75, 3.05) is 12.3 Å². The lowest BCUT2D eigenvalue weighted by molar-refractivity contribution is -0.125. The molecular formula is C16H23NO2S. The Morgan fingerprint density at radius 1 is 1.45 bits per heavy atom. The number of benzene rings is 1. The Labute approximate surface area is 125 Å². The number of hydrogen-bond acceptors (Lipinski definition) is 3. The Bertz CT molecular complexity index is 453. The number of aliphatic hydroxyl groups is 1. The van der Waals surface area contributed by atoms with Crippen molar-refractivity contribution in [2.24, 2.45) is 0 Å². The van der Waals surface area contributed by atoms with Gasteiger partial charge in [-0.15, -0.1) is 0 Å². The SMILES string of the molecule is CC1(CNC(=O)CC(C)(O)c2ccccc2)CCCS1. The maximum atomic E-state index is 12.1. The van der Waals surface area contributed by atoms with E-state index in [9.17, 15) is 9.90 Å². The maximum Gasteiger partial charge on any atom is 0.223 e. The van der Waals surface area contributed by atoms with E-state index in [0.717, 1.165) is 12.0 Å². The summed E-state index contributed by atoms with van der Waals surface area (Å²) in [6.07, 6.45) is 2.46. The quantitative estimate of drug-likeness (QED) is 0.877. The topological polar surface area (TPSA) is 49.3 Å². The van der Waals surface area contributed by atoms with E-state index in [1.54, 1.807) is 6.92 Å². The van der Waals surface area contributed by atoms with Crippen LogP contribution in [-0.2, 0) is 10.4 Å². The van der Waals surface area contributed by atoms with Gasteiger partial charge in [0.05, 0.1) is 12.0 Å². The Morgan fingerprint density at radius 2 is 2.15 bits per heavy atom. The number of thioether (sulfide) groups is 1. The third-order valence-corrected chi connectivity index (χ3v) is 5.40. The van der Waals surface area contributed by atoms with Gasteiger partial charge in [0.25, 0.3) is 0 Å². The molecule has 0 saturated carbocycles. The number of amides is 1. The summed E-state index contributed by atoms with van der Waals surface area (Å²) < 4.78 is 0.161. The van der Waals surface area contributed by atoms with Crippen LogP contribution < -0.4 is 5.32 Å². The van der Waals surface area contributed by atoms with E-state index in [-0.39, 0.29) is 17.1 Å². The molecule has 2 N–H and O–H groups in total. The summed E-state index contributed by atoms with van der Waals surface area (Å²) in [6, 6.07) is 9.34. The average Bonchev–Trinajstić information content (AvgIpc) is 2.85. The van der Waals surface area contributed by atoms with Crippen LogP contribution in [0.1, 0.15) is 38.7 Å². The summed E-state index contributed by atoms with van der Waals surface area (Å²) in [5.41, 5.74) is -0.341. The molecule has 1 aliphatic heterocycles. The van der Waals surface area contributed by atoms with Gasteiger partial charge in [0.15, 0.2) is 0 Å². The normalized spacial score (nSPS) is 25.1. The minimum absolute atomic E-state index is 0.0902. The standard InChI is InChI=1S/C16H23NO2S/c1-15(9-6-10-20-15)12-17-14(18)11-16(2,19)13-7-4-3-5-8-13/h3-5,7-8,19H,6,9-12H2,1-2H3,(H,17,18). The molecule has 1 aromatic carbocycles. The Balaban J connectivity index is 1.87. The fourth-order valence-electron chi connectivity index (χ4n) is 2.54. The van der Waals surface area contributed by atoms with Gasteiger partial charge in [0.1, 0.15) is 0 Å². The van der Waals surface area contributed by atoms with E-state index in [4.69, 9.17) is 0 Å². The van der Waals surface area contributed by atoms with Gasteiger partial charge < -0.3 is 10.4 Å². The molecule has 1 aromatic rings. The van der Waals surface area contributed by atoms with Crippen molar-refractivity contribution in [3.63, 3.8) is 0 Å². The van der Waals surface area contributed by atoms with Gasteiger partial charge in [-0.2, -0.15) is 11.8 Å². The molecule has 0 aromatic heterocycles. The van der Waals surface area contributed by atoms with E-state index < -0.39 is 5.60 Å². The summed E-state index contributed by atoms with van der Waals surface area (Å²) >= 11 is 1.92. The maximum absolute atomic E-state index is 12.1. The lowest BCUT2D eigenvalue weighted by Gasteiger charge is -2.26. The smallest absolute Gasteiger partial charge is 0.223 e. The summed E-state index contributed by atoms with van der Waals surface area (Å²) in [5.74, 6) is 1.08. The summed E-state index contributed by atoms with van der Waals surface area (Å²) in [6.45, 7) is 4.57. The van der Waals surface area contributed by atoms with Crippen LogP contribution in [0, 0.1) is 0 Å². The molecule has 0 bridgehead atoms. The summed E-state index contributed by atoms with van der Waals surface area (Å²) in [5, 5.41) is 13.4. The number of rotatable bonds is 5. The van der Waals surface area contributed by atoms with Gasteiger partial charge in [0.2, 0.25) is 5.91 Å². The largest absolute Gasteiger partial charge is 0.385 e. The molecule has 3 nitrogen and oxygen atoms in total. The van der Waals surface area contributed by atoms with Gasteiger partial charge in [-0.3, -0.25) is 4.79 Å². The second-order valence-electron chi connectivity index (χ2n) is 6.00. The van der Waals surface area contributed by atoms with Crippen molar-refractivity contribution in [3.05, 3.63) is 35.9 Å². The van der Waals surface area contributed by atoms with Crippen LogP contribution in [0.5, 0.6) is 0 Å². The van der Waals surface area contributed by atoms with Crippen molar-refractivity contribution in [2.45, 2.75) is 43.5 Å². The van der Waals surface area contributed by atoms with E-state index in [1.165, 1.54) is 12.2 Å². The zero-order valence-corrected chi connectivity index (χ0v) is 13.0. The Hall–Kier alpha value is -1.00. The van der Waals surface area contributed by atoms with Crippen LogP contribution in [0.2, 0.25) is 0 Å². The van der Waals surface area contributed by atoms with Gasteiger partial charge >= 0.3 is 0 Å². The highest BCUT2D eigenvalue weighted by Crippen LogP contribution is 2.37. The predicted octanol–water partition coefficient (Wildman–Crippen LogP) is 2.69. The minimum Gasteiger partial charge on any atom is -0.385 e. The van der Waals surface area contributed by atoms with E-state index >= 15 is 0 Å². The van der Waals surface area contributed by atoms with Crippen molar-refractivity contribution in [1.29, 1.82) is 0 Å². The first-order valence-corrected chi connectivity index (χ1v) is 8.08. The molecule has 2 rings (SSSR count). The van der Waals surface area contributed by atoms with E-state index in [0.29, 0.717) is 6.54 Å². The molecule has 1 saturated heterocycles. The zero-order chi connectivity index (χ0) is 14.6. The predicted molar refractivity (Wildman–Crippen MR) is 83.7 cm³/mol. The molecular weight excluding hydrogens is 270 g/mol. The summed E-state index contributed by atoms with van der Waals surface area (Å²) in [7, 11) is 0. The molecule has 2 unspecified atom stereocenters. The van der Waals surface area contributed by atoms with Gasteiger partial charge in [-0.05, 0) is 38.0 Å². The van der Waals surface area contributed by atoms with Crippen LogP contribution in [0.15, 0.2) is 30.3 Å². The molecule has 20 heavy (non-hydrogen) atoms. The highest BCUT2D eigenvalue weighted by molar-refractivity contribution is 8.00. The fourth-order valence-corrected chi connectivity index (χ4v) is 3.78. The molecule has 1 fully saturated rings. The van der Waals surface area contributed by atoms with Crippen LogP contribution in [-0.4, -0.2) is 28.1 Å². The molecule has 0 spiro atoms. The second kappa shape index (κ2) is 6.19. The van der Waals surface area contributed by atoms with Gasteiger partial charge in [-0.1, -0.05) is 30.3 Å². The average molecular weight is 293 g/mol. The first-order valence-electron chi connectivity index (χ1n) is 7.10. The highest BCUT2D eigenvalue weighted by atomic mass is 32.2. The molecule has 0 radical (unpaired) electrons. The van der Waals surface area contributed by atoms with Crippen molar-refractivity contribution < 1.29 is 9.90 Å². The van der Waals surface area contributed by atoms with Crippen LogP contribution in [0.25, 0.3) is 0 Å². The number of hydrogen-bond donors (Lipinski definition) is 2. The Kier molecular flexibility index (Phi) is 4.76. The number of carbonyl (C=O) groups excluding carboxylic acids is 1. The van der Waals surface area contributed by atoms with Crippen molar-refractivity contribution in [1.82, 2.24) is 5.32 Å². The third-order valence-electron chi connectivity index (χ3n) is 3.86. The minimum atomic E-state index is -1.12. The lowest BCUT2D eigenvalue weighted by Crippen LogP contribution is -2.39. The Morgan fingerprint density at radius 3 is 2.75 bits per heavy atom. The molecule has 0 aliphatic carbocycles. The highest BCUT2D eigenvalue weighted by Gasteiger charge is 2.31. The van der Waals surface area contributed by atoms with Crippen LogP contribution in [0.4, 0.5) is 0 Å². The van der Waals surface area contributed by atoms with Crippen LogP contribution >= 0.6 is 11.8 Å².